The summed E-state index contributed by atoms with van der Waals surface area (Å²) in [6.45, 7) is 4.96. The third kappa shape index (κ3) is 1.71. The van der Waals surface area contributed by atoms with E-state index in [2.05, 4.69) is 25.6 Å². The van der Waals surface area contributed by atoms with Crippen LogP contribution in [0, 0.1) is 34.5 Å². The minimum atomic E-state index is 0.0621. The smallest absolute Gasteiger partial charge is 0.139 e. The van der Waals surface area contributed by atoms with Crippen molar-refractivity contribution in [3.63, 3.8) is 0 Å². The first-order valence-electron chi connectivity index (χ1n) is 9.64. The van der Waals surface area contributed by atoms with Crippen LogP contribution in [0.25, 0.3) is 0 Å². The van der Waals surface area contributed by atoms with Gasteiger partial charge in [0.25, 0.3) is 0 Å². The Kier molecular flexibility index (Phi) is 2.84. The Hall–Kier alpha value is 0.0200. The summed E-state index contributed by atoms with van der Waals surface area (Å²) in [6, 6.07) is 0. The van der Waals surface area contributed by atoms with Gasteiger partial charge in [-0.3, -0.25) is 4.79 Å². The summed E-state index contributed by atoms with van der Waals surface area (Å²) in [4.78, 5) is 12.5. The van der Waals surface area contributed by atoms with E-state index in [0.717, 1.165) is 34.8 Å². The Morgan fingerprint density at radius 2 is 1.82 bits per heavy atom. The number of thioether (sulfide) groups is 1. The maximum Gasteiger partial charge on any atom is 0.139 e. The molecule has 22 heavy (non-hydrogen) atoms. The highest BCUT2D eigenvalue weighted by molar-refractivity contribution is 8.07. The lowest BCUT2D eigenvalue weighted by Gasteiger charge is -2.60. The van der Waals surface area contributed by atoms with Crippen molar-refractivity contribution in [1.29, 1.82) is 0 Å². The molecule has 0 aromatic rings. The molecule has 7 atom stereocenters. The Morgan fingerprint density at radius 1 is 1.00 bits per heavy atom. The van der Waals surface area contributed by atoms with Gasteiger partial charge in [-0.1, -0.05) is 13.8 Å². The molecular weight excluding hydrogens is 288 g/mol. The Balaban J connectivity index is 1.45. The molecule has 5 rings (SSSR count). The lowest BCUT2D eigenvalue weighted by molar-refractivity contribution is -0.139. The molecule has 0 unspecified atom stereocenters. The van der Waals surface area contributed by atoms with Crippen molar-refractivity contribution in [3.05, 3.63) is 0 Å². The van der Waals surface area contributed by atoms with Gasteiger partial charge in [0, 0.05) is 22.3 Å². The monoisotopic (exact) mass is 318 g/mol. The average Bonchev–Trinajstić information content (AvgIpc) is 3.19. The summed E-state index contributed by atoms with van der Waals surface area (Å²) in [7, 11) is 0. The second kappa shape index (κ2) is 4.35. The van der Waals surface area contributed by atoms with E-state index in [1.165, 1.54) is 57.1 Å². The highest BCUT2D eigenvalue weighted by Gasteiger charge is 2.62. The minimum absolute atomic E-state index is 0.0621. The van der Waals surface area contributed by atoms with Crippen molar-refractivity contribution in [2.45, 2.75) is 76.4 Å². The number of carbonyl (C=O) groups is 1. The molecule has 0 N–H and O–H groups in total. The highest BCUT2D eigenvalue weighted by Crippen LogP contribution is 2.69. The summed E-state index contributed by atoms with van der Waals surface area (Å²) < 4.78 is 0.726. The maximum atomic E-state index is 12.5. The molecule has 0 aromatic heterocycles. The van der Waals surface area contributed by atoms with Crippen LogP contribution in [0.3, 0.4) is 0 Å². The summed E-state index contributed by atoms with van der Waals surface area (Å²) in [5, 5.41) is 0. The molecule has 5 aliphatic rings. The predicted octanol–water partition coefficient (Wildman–Crippen LogP) is 5.08. The highest BCUT2D eigenvalue weighted by atomic mass is 32.2. The van der Waals surface area contributed by atoms with Gasteiger partial charge < -0.3 is 0 Å². The van der Waals surface area contributed by atoms with Crippen LogP contribution in [0.5, 0.6) is 0 Å². The quantitative estimate of drug-likeness (QED) is 0.579. The number of hydrogen-bond acceptors (Lipinski definition) is 2. The zero-order valence-electron chi connectivity index (χ0n) is 14.2. The Bertz CT molecular complexity index is 524. The van der Waals surface area contributed by atoms with Crippen LogP contribution in [-0.4, -0.2) is 16.3 Å². The van der Waals surface area contributed by atoms with Crippen LogP contribution in [0.2, 0.25) is 0 Å². The van der Waals surface area contributed by atoms with E-state index in [9.17, 15) is 4.79 Å². The van der Waals surface area contributed by atoms with Crippen LogP contribution in [0.15, 0.2) is 0 Å². The fraction of sp³-hybridized carbons (Fsp3) is 0.950. The average molecular weight is 319 g/mol. The molecule has 2 heteroatoms. The van der Waals surface area contributed by atoms with E-state index in [1.54, 1.807) is 0 Å². The summed E-state index contributed by atoms with van der Waals surface area (Å²) >= 11 is 2.25. The zero-order valence-corrected chi connectivity index (χ0v) is 15.0. The molecule has 1 spiro atoms. The van der Waals surface area contributed by atoms with E-state index < -0.39 is 0 Å². The lowest BCUT2D eigenvalue weighted by atomic mass is 9.45. The van der Waals surface area contributed by atoms with Crippen LogP contribution >= 0.6 is 11.8 Å². The van der Waals surface area contributed by atoms with Crippen molar-refractivity contribution < 1.29 is 4.79 Å². The van der Waals surface area contributed by atoms with Crippen LogP contribution in [0.4, 0.5) is 0 Å². The van der Waals surface area contributed by atoms with Crippen molar-refractivity contribution in [2.24, 2.45) is 34.5 Å². The van der Waals surface area contributed by atoms with E-state index in [4.69, 9.17) is 0 Å². The summed E-state index contributed by atoms with van der Waals surface area (Å²) in [5.41, 5.74) is 0.664. The number of rotatable bonds is 0. The molecule has 1 heterocycles. The van der Waals surface area contributed by atoms with Crippen LogP contribution < -0.4 is 0 Å². The van der Waals surface area contributed by atoms with E-state index in [0.29, 0.717) is 11.2 Å². The second-order valence-electron chi connectivity index (χ2n) is 9.75. The van der Waals surface area contributed by atoms with E-state index in [-0.39, 0.29) is 5.41 Å². The fourth-order valence-electron chi connectivity index (χ4n) is 7.44. The molecule has 0 aromatic carbocycles. The Labute approximate surface area is 139 Å². The van der Waals surface area contributed by atoms with Gasteiger partial charge in [0.05, 0.1) is 0 Å². The maximum absolute atomic E-state index is 12.5. The van der Waals surface area contributed by atoms with Crippen LogP contribution in [0.1, 0.15) is 71.6 Å². The number of Topliss-reactive ketones (excluding diaryl/α,β-unsaturated/α-hetero) is 1. The number of ketones is 1. The van der Waals surface area contributed by atoms with Crippen LogP contribution in [-0.2, 0) is 4.79 Å². The molecule has 0 bridgehead atoms. The van der Waals surface area contributed by atoms with Crippen molar-refractivity contribution >= 4 is 17.5 Å². The molecule has 4 aliphatic carbocycles. The van der Waals surface area contributed by atoms with E-state index in [1.807, 2.05) is 0 Å². The largest absolute Gasteiger partial charge is 0.299 e. The summed E-state index contributed by atoms with van der Waals surface area (Å²) in [5.74, 6) is 5.55. The third-order valence-electron chi connectivity index (χ3n) is 9.06. The van der Waals surface area contributed by atoms with Gasteiger partial charge in [-0.2, -0.15) is 11.8 Å². The minimum Gasteiger partial charge on any atom is -0.299 e. The molecule has 5 fully saturated rings. The number of hydrogen-bond donors (Lipinski definition) is 0. The normalized spacial score (nSPS) is 59.8. The molecule has 1 nitrogen and oxygen atoms in total. The standard InChI is InChI=1S/C20H30OS/c1-18-9-10-20(12-22-20)11-13(18)3-4-14-15-5-6-17(21)19(15,2)8-7-16(14)18/h13-16H,3-12H2,1-2H3/t13-,14+,15-,16+,18+,19+,20+/m1/s1. The van der Waals surface area contributed by atoms with Gasteiger partial charge >= 0.3 is 0 Å². The molecular formula is C20H30OS. The third-order valence-corrected chi connectivity index (χ3v) is 10.5. The van der Waals surface area contributed by atoms with E-state index >= 15 is 0 Å². The SMILES string of the molecule is C[C@]12CC[C@@]3(CS3)C[C@H]1CC[C@H]1[C@H]3CCC(=O)[C@@]3(C)CC[C@@H]12. The molecule has 0 amide bonds. The lowest BCUT2D eigenvalue weighted by Crippen LogP contribution is -2.54. The summed E-state index contributed by atoms with van der Waals surface area (Å²) in [6.07, 6.45) is 12.0. The van der Waals surface area contributed by atoms with Gasteiger partial charge in [-0.05, 0) is 80.5 Å². The Morgan fingerprint density at radius 3 is 2.59 bits per heavy atom. The second-order valence-corrected chi connectivity index (χ2v) is 11.2. The van der Waals surface area contributed by atoms with Gasteiger partial charge in [-0.25, -0.2) is 0 Å². The molecule has 122 valence electrons. The zero-order chi connectivity index (χ0) is 15.2. The van der Waals surface area contributed by atoms with Gasteiger partial charge in [0.2, 0.25) is 0 Å². The predicted molar refractivity (Wildman–Crippen MR) is 91.9 cm³/mol. The fourth-order valence-corrected chi connectivity index (χ4v) is 8.47. The van der Waals surface area contributed by atoms with Crippen molar-refractivity contribution in [3.8, 4) is 0 Å². The first-order chi connectivity index (χ1) is 10.5. The van der Waals surface area contributed by atoms with Crippen molar-refractivity contribution in [2.75, 3.05) is 5.75 Å². The van der Waals surface area contributed by atoms with Gasteiger partial charge in [0.15, 0.2) is 0 Å². The molecule has 1 aliphatic heterocycles. The van der Waals surface area contributed by atoms with Gasteiger partial charge in [-0.15, -0.1) is 0 Å². The van der Waals surface area contributed by atoms with Crippen molar-refractivity contribution in [1.82, 2.24) is 0 Å². The van der Waals surface area contributed by atoms with Gasteiger partial charge in [0.1, 0.15) is 5.78 Å². The molecule has 4 saturated carbocycles. The number of carbonyl (C=O) groups excluding carboxylic acids is 1. The topological polar surface area (TPSA) is 17.1 Å². The molecule has 1 saturated heterocycles. The first-order valence-corrected chi connectivity index (χ1v) is 10.6. The number of fused-ring (bicyclic) bond motifs is 5. The first kappa shape index (κ1) is 14.4. The molecule has 0 radical (unpaired) electrons.